The van der Waals surface area contributed by atoms with Crippen molar-refractivity contribution in [3.63, 3.8) is 0 Å². The fraction of sp³-hybridized carbons (Fsp3) is 0.438. The Kier molecular flexibility index (Phi) is 4.61. The van der Waals surface area contributed by atoms with Gasteiger partial charge in [0.05, 0.1) is 5.56 Å². The highest BCUT2D eigenvalue weighted by Crippen LogP contribution is 2.20. The first-order valence-corrected chi connectivity index (χ1v) is 6.99. The highest BCUT2D eigenvalue weighted by Gasteiger charge is 2.10. The second-order valence-electron chi connectivity index (χ2n) is 5.15. The third kappa shape index (κ3) is 3.60. The molecule has 0 atom stereocenters. The highest BCUT2D eigenvalue weighted by molar-refractivity contribution is 5.99. The summed E-state index contributed by atoms with van der Waals surface area (Å²) < 4.78 is 0. The van der Waals surface area contributed by atoms with Gasteiger partial charge in [0.25, 0.3) is 5.91 Å². The first-order chi connectivity index (χ1) is 9.18. The Morgan fingerprint density at radius 2 is 2.21 bits per heavy atom. The van der Waals surface area contributed by atoms with Crippen LogP contribution in [0.15, 0.2) is 29.8 Å². The second-order valence-corrected chi connectivity index (χ2v) is 5.15. The molecule has 3 N–H and O–H groups in total. The molecule has 0 aromatic heterocycles. The topological polar surface area (TPSA) is 55.1 Å². The lowest BCUT2D eigenvalue weighted by Crippen LogP contribution is -2.26. The van der Waals surface area contributed by atoms with Crippen molar-refractivity contribution in [1.82, 2.24) is 5.32 Å². The molecule has 0 aliphatic heterocycles. The average Bonchev–Trinajstić information content (AvgIpc) is 2.43. The molecule has 102 valence electrons. The van der Waals surface area contributed by atoms with E-state index in [1.54, 1.807) is 6.07 Å². The fourth-order valence-corrected chi connectivity index (χ4v) is 2.44. The van der Waals surface area contributed by atoms with E-state index in [1.807, 2.05) is 19.1 Å². The van der Waals surface area contributed by atoms with Gasteiger partial charge in [0, 0.05) is 12.2 Å². The van der Waals surface area contributed by atoms with E-state index in [0.29, 0.717) is 17.8 Å². The Morgan fingerprint density at radius 3 is 2.95 bits per heavy atom. The van der Waals surface area contributed by atoms with E-state index in [-0.39, 0.29) is 5.91 Å². The number of carbonyl (C=O) groups is 1. The van der Waals surface area contributed by atoms with Crippen molar-refractivity contribution in [2.45, 2.75) is 39.0 Å². The molecule has 0 fully saturated rings. The molecule has 2 rings (SSSR count). The van der Waals surface area contributed by atoms with Crippen molar-refractivity contribution in [1.29, 1.82) is 0 Å². The van der Waals surface area contributed by atoms with Crippen molar-refractivity contribution in [3.8, 4) is 0 Å². The number of benzene rings is 1. The number of carbonyl (C=O) groups excluding carboxylic acids is 1. The molecule has 0 spiro atoms. The molecule has 0 heterocycles. The maximum Gasteiger partial charge on any atom is 0.253 e. The Hall–Kier alpha value is -1.77. The van der Waals surface area contributed by atoms with E-state index in [1.165, 1.54) is 31.3 Å². The summed E-state index contributed by atoms with van der Waals surface area (Å²) in [4.78, 5) is 12.0. The predicted octanol–water partition coefficient (Wildman–Crippen LogP) is 3.20. The molecular formula is C16H22N2O. The molecule has 3 heteroatoms. The fourth-order valence-electron chi connectivity index (χ4n) is 2.44. The SMILES string of the molecule is Cc1cccc(C(=O)NCCC2=CCCCC2)c1N. The molecule has 0 saturated heterocycles. The number of anilines is 1. The third-order valence-corrected chi connectivity index (χ3v) is 3.69. The lowest BCUT2D eigenvalue weighted by atomic mass is 9.97. The van der Waals surface area contributed by atoms with Crippen LogP contribution >= 0.6 is 0 Å². The van der Waals surface area contributed by atoms with Gasteiger partial charge >= 0.3 is 0 Å². The summed E-state index contributed by atoms with van der Waals surface area (Å²) >= 11 is 0. The molecular weight excluding hydrogens is 236 g/mol. The normalized spacial score (nSPS) is 14.9. The maximum absolute atomic E-state index is 12.0. The number of hydrogen-bond acceptors (Lipinski definition) is 2. The zero-order valence-electron chi connectivity index (χ0n) is 11.5. The van der Waals surface area contributed by atoms with Gasteiger partial charge in [-0.2, -0.15) is 0 Å². The minimum atomic E-state index is -0.0717. The number of aryl methyl sites for hydroxylation is 1. The number of nitrogen functional groups attached to an aromatic ring is 1. The summed E-state index contributed by atoms with van der Waals surface area (Å²) in [5.74, 6) is -0.0717. The van der Waals surface area contributed by atoms with Crippen LogP contribution in [-0.4, -0.2) is 12.5 Å². The minimum Gasteiger partial charge on any atom is -0.398 e. The van der Waals surface area contributed by atoms with Crippen molar-refractivity contribution in [3.05, 3.63) is 41.0 Å². The zero-order chi connectivity index (χ0) is 13.7. The number of para-hydroxylation sites is 1. The number of amides is 1. The van der Waals surface area contributed by atoms with Crippen LogP contribution < -0.4 is 11.1 Å². The summed E-state index contributed by atoms with van der Waals surface area (Å²) in [6.07, 6.45) is 8.23. The maximum atomic E-state index is 12.0. The van der Waals surface area contributed by atoms with Gasteiger partial charge in [0.2, 0.25) is 0 Å². The molecule has 0 unspecified atom stereocenters. The van der Waals surface area contributed by atoms with Gasteiger partial charge in [-0.05, 0) is 50.7 Å². The number of nitrogens with two attached hydrogens (primary N) is 1. The van der Waals surface area contributed by atoms with Crippen LogP contribution in [0.1, 0.15) is 48.0 Å². The average molecular weight is 258 g/mol. The molecule has 1 amide bonds. The van der Waals surface area contributed by atoms with Crippen molar-refractivity contribution >= 4 is 11.6 Å². The largest absolute Gasteiger partial charge is 0.398 e. The van der Waals surface area contributed by atoms with E-state index in [0.717, 1.165) is 12.0 Å². The van der Waals surface area contributed by atoms with Gasteiger partial charge < -0.3 is 11.1 Å². The Bertz CT molecular complexity index is 492. The third-order valence-electron chi connectivity index (χ3n) is 3.69. The number of rotatable bonds is 4. The van der Waals surface area contributed by atoms with Crippen LogP contribution in [0.3, 0.4) is 0 Å². The molecule has 0 saturated carbocycles. The van der Waals surface area contributed by atoms with Crippen LogP contribution in [-0.2, 0) is 0 Å². The van der Waals surface area contributed by atoms with E-state index in [4.69, 9.17) is 5.73 Å². The molecule has 19 heavy (non-hydrogen) atoms. The van der Waals surface area contributed by atoms with Crippen molar-refractivity contribution < 1.29 is 4.79 Å². The zero-order valence-corrected chi connectivity index (χ0v) is 11.5. The summed E-state index contributed by atoms with van der Waals surface area (Å²) in [6.45, 7) is 2.61. The second kappa shape index (κ2) is 6.41. The van der Waals surface area contributed by atoms with E-state index < -0.39 is 0 Å². The molecule has 1 aromatic rings. The van der Waals surface area contributed by atoms with Crippen LogP contribution in [0, 0.1) is 6.92 Å². The van der Waals surface area contributed by atoms with Crippen LogP contribution in [0.4, 0.5) is 5.69 Å². The quantitative estimate of drug-likeness (QED) is 0.643. The molecule has 1 aliphatic rings. The van der Waals surface area contributed by atoms with Gasteiger partial charge in [-0.25, -0.2) is 0 Å². The monoisotopic (exact) mass is 258 g/mol. The first kappa shape index (κ1) is 13.7. The van der Waals surface area contributed by atoms with Crippen molar-refractivity contribution in [2.24, 2.45) is 0 Å². The first-order valence-electron chi connectivity index (χ1n) is 6.99. The highest BCUT2D eigenvalue weighted by atomic mass is 16.1. The molecule has 1 aromatic carbocycles. The lowest BCUT2D eigenvalue weighted by Gasteiger charge is -2.13. The van der Waals surface area contributed by atoms with Gasteiger partial charge in [0.1, 0.15) is 0 Å². The number of hydrogen-bond donors (Lipinski definition) is 2. The predicted molar refractivity (Wildman–Crippen MR) is 79.1 cm³/mol. The number of allylic oxidation sites excluding steroid dienone is 1. The molecule has 3 nitrogen and oxygen atoms in total. The Morgan fingerprint density at radius 1 is 1.37 bits per heavy atom. The summed E-state index contributed by atoms with van der Waals surface area (Å²) in [5, 5.41) is 2.95. The van der Waals surface area contributed by atoms with Gasteiger partial charge in [-0.1, -0.05) is 23.8 Å². The molecule has 0 radical (unpaired) electrons. The van der Waals surface area contributed by atoms with Crippen molar-refractivity contribution in [2.75, 3.05) is 12.3 Å². The summed E-state index contributed by atoms with van der Waals surface area (Å²) in [5.41, 5.74) is 9.51. The van der Waals surface area contributed by atoms with Crippen LogP contribution in [0.5, 0.6) is 0 Å². The van der Waals surface area contributed by atoms with Crippen LogP contribution in [0.2, 0.25) is 0 Å². The standard InChI is InChI=1S/C16H22N2O/c1-12-6-5-9-14(15(12)17)16(19)18-11-10-13-7-3-2-4-8-13/h5-7,9H,2-4,8,10-11,17H2,1H3,(H,18,19). The van der Waals surface area contributed by atoms with Gasteiger partial charge in [-0.15, -0.1) is 0 Å². The van der Waals surface area contributed by atoms with Gasteiger partial charge in [0.15, 0.2) is 0 Å². The van der Waals surface area contributed by atoms with E-state index in [9.17, 15) is 4.79 Å². The van der Waals surface area contributed by atoms with E-state index in [2.05, 4.69) is 11.4 Å². The van der Waals surface area contributed by atoms with E-state index >= 15 is 0 Å². The molecule has 0 bridgehead atoms. The Labute approximate surface area is 114 Å². The summed E-state index contributed by atoms with van der Waals surface area (Å²) in [7, 11) is 0. The molecule has 1 aliphatic carbocycles. The van der Waals surface area contributed by atoms with Gasteiger partial charge in [-0.3, -0.25) is 4.79 Å². The Balaban J connectivity index is 1.87. The van der Waals surface area contributed by atoms with Crippen LogP contribution in [0.25, 0.3) is 0 Å². The smallest absolute Gasteiger partial charge is 0.253 e. The number of nitrogens with one attached hydrogen (secondary N) is 1. The minimum absolute atomic E-state index is 0.0717. The summed E-state index contributed by atoms with van der Waals surface area (Å²) in [6, 6.07) is 5.56. The lowest BCUT2D eigenvalue weighted by molar-refractivity contribution is 0.0955.